The predicted octanol–water partition coefficient (Wildman–Crippen LogP) is 0.853. The lowest BCUT2D eigenvalue weighted by atomic mass is 10.0. The molecule has 11 heavy (non-hydrogen) atoms. The average molecular weight is 155 g/mol. The van der Waals surface area contributed by atoms with Crippen LogP contribution in [0.25, 0.3) is 0 Å². The Kier molecular flexibility index (Phi) is 2.14. The van der Waals surface area contributed by atoms with Gasteiger partial charge in [0.05, 0.1) is 0 Å². The van der Waals surface area contributed by atoms with Crippen molar-refractivity contribution in [1.29, 1.82) is 0 Å². The Morgan fingerprint density at radius 1 is 1.45 bits per heavy atom. The van der Waals surface area contributed by atoms with E-state index in [1.165, 1.54) is 32.4 Å². The second-order valence-corrected chi connectivity index (χ2v) is 3.90. The molecule has 0 aliphatic carbocycles. The van der Waals surface area contributed by atoms with Crippen LogP contribution in [0.2, 0.25) is 0 Å². The van der Waals surface area contributed by atoms with Crippen LogP contribution in [0.1, 0.15) is 25.7 Å². The molecule has 0 radical (unpaired) electrons. The molecule has 0 aromatic heterocycles. The standard InChI is InChI=1S/C9H17NO/c11-5-3-8-6-9-2-1-4-10(9)7-8/h8-9,11H,1-7H2. The van der Waals surface area contributed by atoms with Crippen molar-refractivity contribution in [3.05, 3.63) is 0 Å². The van der Waals surface area contributed by atoms with Gasteiger partial charge in [-0.2, -0.15) is 0 Å². The van der Waals surface area contributed by atoms with Gasteiger partial charge in [0.15, 0.2) is 0 Å². The normalized spacial score (nSPS) is 37.9. The van der Waals surface area contributed by atoms with Gasteiger partial charge in [-0.05, 0) is 38.1 Å². The van der Waals surface area contributed by atoms with E-state index in [0.717, 1.165) is 18.4 Å². The summed E-state index contributed by atoms with van der Waals surface area (Å²) in [5.74, 6) is 0.797. The Bertz CT molecular complexity index is 126. The van der Waals surface area contributed by atoms with Gasteiger partial charge >= 0.3 is 0 Å². The van der Waals surface area contributed by atoms with E-state index in [4.69, 9.17) is 5.11 Å². The molecule has 2 heterocycles. The monoisotopic (exact) mass is 155 g/mol. The van der Waals surface area contributed by atoms with Crippen LogP contribution in [-0.4, -0.2) is 35.7 Å². The number of nitrogens with zero attached hydrogens (tertiary/aromatic N) is 1. The largest absolute Gasteiger partial charge is 0.396 e. The lowest BCUT2D eigenvalue weighted by Crippen LogP contribution is -2.22. The quantitative estimate of drug-likeness (QED) is 0.639. The molecule has 2 rings (SSSR count). The van der Waals surface area contributed by atoms with E-state index in [2.05, 4.69) is 4.90 Å². The molecule has 0 saturated carbocycles. The lowest BCUT2D eigenvalue weighted by Gasteiger charge is -2.12. The highest BCUT2D eigenvalue weighted by Gasteiger charge is 2.34. The van der Waals surface area contributed by atoms with Crippen molar-refractivity contribution in [2.75, 3.05) is 19.7 Å². The maximum atomic E-state index is 8.77. The van der Waals surface area contributed by atoms with Crippen LogP contribution >= 0.6 is 0 Å². The number of aliphatic hydroxyl groups is 1. The lowest BCUT2D eigenvalue weighted by molar-refractivity contribution is 0.252. The van der Waals surface area contributed by atoms with Crippen LogP contribution in [0.4, 0.5) is 0 Å². The first-order valence-corrected chi connectivity index (χ1v) is 4.75. The van der Waals surface area contributed by atoms with Crippen molar-refractivity contribution in [3.63, 3.8) is 0 Å². The van der Waals surface area contributed by atoms with Crippen molar-refractivity contribution < 1.29 is 5.11 Å². The van der Waals surface area contributed by atoms with Crippen LogP contribution < -0.4 is 0 Å². The number of hydrogen-bond donors (Lipinski definition) is 1. The van der Waals surface area contributed by atoms with Gasteiger partial charge < -0.3 is 10.0 Å². The molecule has 0 aromatic carbocycles. The van der Waals surface area contributed by atoms with Gasteiger partial charge in [0.1, 0.15) is 0 Å². The molecule has 1 N–H and O–H groups in total. The van der Waals surface area contributed by atoms with Crippen molar-refractivity contribution in [1.82, 2.24) is 4.90 Å². The summed E-state index contributed by atoms with van der Waals surface area (Å²) in [6.45, 7) is 2.95. The Labute approximate surface area is 68.2 Å². The van der Waals surface area contributed by atoms with E-state index in [0.29, 0.717) is 6.61 Å². The molecular weight excluding hydrogens is 138 g/mol. The smallest absolute Gasteiger partial charge is 0.0434 e. The van der Waals surface area contributed by atoms with Crippen LogP contribution in [0.15, 0.2) is 0 Å². The Morgan fingerprint density at radius 3 is 3.09 bits per heavy atom. The first-order valence-electron chi connectivity index (χ1n) is 4.75. The van der Waals surface area contributed by atoms with E-state index in [1.807, 2.05) is 0 Å². The first-order chi connectivity index (χ1) is 5.40. The molecule has 0 aromatic rings. The number of aliphatic hydroxyl groups excluding tert-OH is 1. The van der Waals surface area contributed by atoms with Crippen molar-refractivity contribution in [2.45, 2.75) is 31.7 Å². The van der Waals surface area contributed by atoms with Crippen LogP contribution in [0.3, 0.4) is 0 Å². The minimum absolute atomic E-state index is 0.380. The molecule has 0 spiro atoms. The number of fused-ring (bicyclic) bond motifs is 1. The zero-order chi connectivity index (χ0) is 7.68. The maximum Gasteiger partial charge on any atom is 0.0434 e. The van der Waals surface area contributed by atoms with Crippen LogP contribution in [-0.2, 0) is 0 Å². The molecule has 2 atom stereocenters. The summed E-state index contributed by atoms with van der Waals surface area (Å²) >= 11 is 0. The third-order valence-corrected chi connectivity index (χ3v) is 3.13. The summed E-state index contributed by atoms with van der Waals surface area (Å²) in [6, 6.07) is 0.881. The predicted molar refractivity (Wildman–Crippen MR) is 44.4 cm³/mol. The Balaban J connectivity index is 1.84. The summed E-state index contributed by atoms with van der Waals surface area (Å²) in [7, 11) is 0. The Hall–Kier alpha value is -0.0800. The zero-order valence-corrected chi connectivity index (χ0v) is 7.00. The summed E-state index contributed by atoms with van der Waals surface area (Å²) in [5, 5.41) is 8.77. The topological polar surface area (TPSA) is 23.5 Å². The molecule has 2 unspecified atom stereocenters. The van der Waals surface area contributed by atoms with Gasteiger partial charge in [0.25, 0.3) is 0 Å². The average Bonchev–Trinajstić information content (AvgIpc) is 2.46. The summed E-state index contributed by atoms with van der Waals surface area (Å²) in [6.07, 6.45) is 5.17. The molecule has 2 aliphatic heterocycles. The Morgan fingerprint density at radius 2 is 2.36 bits per heavy atom. The second kappa shape index (κ2) is 3.11. The number of hydrogen-bond acceptors (Lipinski definition) is 2. The van der Waals surface area contributed by atoms with Gasteiger partial charge in [-0.3, -0.25) is 0 Å². The minimum Gasteiger partial charge on any atom is -0.396 e. The minimum atomic E-state index is 0.380. The van der Waals surface area contributed by atoms with E-state index in [9.17, 15) is 0 Å². The molecule has 2 saturated heterocycles. The molecule has 2 fully saturated rings. The van der Waals surface area contributed by atoms with E-state index in [1.54, 1.807) is 0 Å². The summed E-state index contributed by atoms with van der Waals surface area (Å²) in [4.78, 5) is 2.60. The van der Waals surface area contributed by atoms with Gasteiger partial charge in [0, 0.05) is 19.2 Å². The van der Waals surface area contributed by atoms with Crippen LogP contribution in [0.5, 0.6) is 0 Å². The molecule has 2 aliphatic rings. The fourth-order valence-corrected chi connectivity index (χ4v) is 2.59. The highest BCUT2D eigenvalue weighted by Crippen LogP contribution is 2.32. The molecular formula is C9H17NO. The zero-order valence-electron chi connectivity index (χ0n) is 7.00. The molecule has 0 bridgehead atoms. The molecule has 2 heteroatoms. The second-order valence-electron chi connectivity index (χ2n) is 3.90. The fraction of sp³-hybridized carbons (Fsp3) is 1.00. The van der Waals surface area contributed by atoms with E-state index < -0.39 is 0 Å². The molecule has 0 amide bonds. The SMILES string of the molecule is OCCC1CC2CCCN2C1. The van der Waals surface area contributed by atoms with Crippen molar-refractivity contribution in [3.8, 4) is 0 Å². The van der Waals surface area contributed by atoms with Crippen molar-refractivity contribution >= 4 is 0 Å². The van der Waals surface area contributed by atoms with E-state index >= 15 is 0 Å². The first kappa shape index (κ1) is 7.56. The maximum absolute atomic E-state index is 8.77. The highest BCUT2D eigenvalue weighted by molar-refractivity contribution is 4.89. The van der Waals surface area contributed by atoms with Gasteiger partial charge in [-0.1, -0.05) is 0 Å². The molecule has 2 nitrogen and oxygen atoms in total. The number of rotatable bonds is 2. The summed E-state index contributed by atoms with van der Waals surface area (Å²) in [5.41, 5.74) is 0. The van der Waals surface area contributed by atoms with Gasteiger partial charge in [0.2, 0.25) is 0 Å². The van der Waals surface area contributed by atoms with Gasteiger partial charge in [-0.15, -0.1) is 0 Å². The summed E-state index contributed by atoms with van der Waals surface area (Å²) < 4.78 is 0. The highest BCUT2D eigenvalue weighted by atomic mass is 16.3. The third-order valence-electron chi connectivity index (χ3n) is 3.13. The third kappa shape index (κ3) is 1.42. The van der Waals surface area contributed by atoms with E-state index in [-0.39, 0.29) is 0 Å². The van der Waals surface area contributed by atoms with Crippen LogP contribution in [0, 0.1) is 5.92 Å². The fourth-order valence-electron chi connectivity index (χ4n) is 2.59. The van der Waals surface area contributed by atoms with Crippen molar-refractivity contribution in [2.24, 2.45) is 5.92 Å². The molecule has 64 valence electrons. The van der Waals surface area contributed by atoms with Gasteiger partial charge in [-0.25, -0.2) is 0 Å².